The Kier molecular flexibility index (Phi) is 6.09. The van der Waals surface area contributed by atoms with E-state index >= 15 is 0 Å². The molecule has 1 amide bonds. The van der Waals surface area contributed by atoms with Gasteiger partial charge < -0.3 is 15.0 Å². The summed E-state index contributed by atoms with van der Waals surface area (Å²) >= 11 is 4.25. The summed E-state index contributed by atoms with van der Waals surface area (Å²) in [5.74, 6) is -0.536. The maximum atomic E-state index is 12.7. The number of ether oxygens (including phenoxy) is 1. The van der Waals surface area contributed by atoms with Gasteiger partial charge in [0.15, 0.2) is 5.16 Å². The van der Waals surface area contributed by atoms with E-state index in [0.717, 1.165) is 65.8 Å². The van der Waals surface area contributed by atoms with Crippen molar-refractivity contribution in [2.75, 3.05) is 17.7 Å². The molecule has 0 bridgehead atoms. The SMILES string of the molecule is CCOC(=O)c1c(NC(=O)CSc2nc3sc4c(c3c(=O)[nH]2)CCCC4)sc2c1CCC2. The number of rotatable bonds is 6. The van der Waals surface area contributed by atoms with Crippen molar-refractivity contribution in [1.82, 2.24) is 9.97 Å². The van der Waals surface area contributed by atoms with Crippen molar-refractivity contribution in [3.8, 4) is 0 Å². The summed E-state index contributed by atoms with van der Waals surface area (Å²) in [6.07, 6.45) is 6.98. The molecule has 7 nitrogen and oxygen atoms in total. The number of hydrogen-bond acceptors (Lipinski definition) is 8. The van der Waals surface area contributed by atoms with E-state index in [4.69, 9.17) is 4.74 Å². The molecular weight excluding hydrogens is 466 g/mol. The summed E-state index contributed by atoms with van der Waals surface area (Å²) in [7, 11) is 0. The quantitative estimate of drug-likeness (QED) is 0.304. The number of H-pyrrole nitrogens is 1. The number of aryl methyl sites for hydroxylation is 3. The number of esters is 1. The number of thiophene rings is 2. The molecule has 2 aliphatic carbocycles. The zero-order valence-electron chi connectivity index (χ0n) is 17.7. The summed E-state index contributed by atoms with van der Waals surface area (Å²) in [5, 5.41) is 4.59. The van der Waals surface area contributed by atoms with Crippen LogP contribution in [0.3, 0.4) is 0 Å². The van der Waals surface area contributed by atoms with Gasteiger partial charge in [0, 0.05) is 9.75 Å². The van der Waals surface area contributed by atoms with Gasteiger partial charge in [-0.15, -0.1) is 22.7 Å². The lowest BCUT2D eigenvalue weighted by Gasteiger charge is -2.09. The fraction of sp³-hybridized carbons (Fsp3) is 0.455. The fourth-order valence-electron chi connectivity index (χ4n) is 4.42. The van der Waals surface area contributed by atoms with Crippen LogP contribution in [-0.4, -0.2) is 34.2 Å². The van der Waals surface area contributed by atoms with Crippen LogP contribution in [0.15, 0.2) is 9.95 Å². The molecule has 3 aromatic rings. The monoisotopic (exact) mass is 489 g/mol. The van der Waals surface area contributed by atoms with Gasteiger partial charge in [-0.1, -0.05) is 11.8 Å². The normalized spacial score (nSPS) is 14.9. The van der Waals surface area contributed by atoms with Crippen LogP contribution in [0.2, 0.25) is 0 Å². The minimum absolute atomic E-state index is 0.0877. The molecule has 0 radical (unpaired) electrons. The number of carbonyl (C=O) groups is 2. The van der Waals surface area contributed by atoms with E-state index < -0.39 is 0 Å². The van der Waals surface area contributed by atoms with E-state index in [-0.39, 0.29) is 23.2 Å². The number of aromatic amines is 1. The number of carbonyl (C=O) groups excluding carboxylic acids is 2. The average molecular weight is 490 g/mol. The minimum atomic E-state index is -0.382. The van der Waals surface area contributed by atoms with Crippen LogP contribution < -0.4 is 10.9 Å². The second kappa shape index (κ2) is 8.99. The predicted octanol–water partition coefficient (Wildman–Crippen LogP) is 4.32. The van der Waals surface area contributed by atoms with E-state index in [1.54, 1.807) is 18.3 Å². The lowest BCUT2D eigenvalue weighted by molar-refractivity contribution is -0.113. The highest BCUT2D eigenvalue weighted by Crippen LogP contribution is 2.39. The summed E-state index contributed by atoms with van der Waals surface area (Å²) < 4.78 is 5.21. The fourth-order valence-corrected chi connectivity index (χ4v) is 7.69. The predicted molar refractivity (Wildman–Crippen MR) is 129 cm³/mol. The van der Waals surface area contributed by atoms with Crippen LogP contribution >= 0.6 is 34.4 Å². The highest BCUT2D eigenvalue weighted by atomic mass is 32.2. The van der Waals surface area contributed by atoms with Crippen LogP contribution in [0.1, 0.15) is 57.4 Å². The van der Waals surface area contributed by atoms with Crippen molar-refractivity contribution >= 4 is 61.5 Å². The van der Waals surface area contributed by atoms with Gasteiger partial charge in [-0.3, -0.25) is 9.59 Å². The number of fused-ring (bicyclic) bond motifs is 4. The Balaban J connectivity index is 1.31. The van der Waals surface area contributed by atoms with Crippen molar-refractivity contribution < 1.29 is 14.3 Å². The molecule has 0 aromatic carbocycles. The number of nitrogens with zero attached hydrogens (tertiary/aromatic N) is 1. The van der Waals surface area contributed by atoms with Crippen LogP contribution in [0.5, 0.6) is 0 Å². The molecule has 0 unspecified atom stereocenters. The topological polar surface area (TPSA) is 101 Å². The zero-order chi connectivity index (χ0) is 22.2. The molecule has 32 heavy (non-hydrogen) atoms. The molecule has 0 saturated carbocycles. The number of hydrogen-bond donors (Lipinski definition) is 2. The molecule has 2 N–H and O–H groups in total. The van der Waals surface area contributed by atoms with Crippen LogP contribution in [0, 0.1) is 0 Å². The van der Waals surface area contributed by atoms with Gasteiger partial charge in [-0.2, -0.15) is 0 Å². The molecule has 0 fully saturated rings. The first-order valence-electron chi connectivity index (χ1n) is 10.8. The summed E-state index contributed by atoms with van der Waals surface area (Å²) in [6, 6.07) is 0. The van der Waals surface area contributed by atoms with E-state index in [1.165, 1.54) is 28.0 Å². The first kappa shape index (κ1) is 21.7. The number of nitrogens with one attached hydrogen (secondary N) is 2. The van der Waals surface area contributed by atoms with Crippen LogP contribution in [0.4, 0.5) is 5.00 Å². The average Bonchev–Trinajstić information content (AvgIpc) is 3.44. The molecule has 0 saturated heterocycles. The second-order valence-electron chi connectivity index (χ2n) is 7.88. The molecular formula is C22H23N3O4S3. The van der Waals surface area contributed by atoms with E-state index in [0.29, 0.717) is 27.7 Å². The van der Waals surface area contributed by atoms with Crippen LogP contribution in [-0.2, 0) is 35.2 Å². The van der Waals surface area contributed by atoms with E-state index in [9.17, 15) is 14.4 Å². The smallest absolute Gasteiger partial charge is 0.341 e. The Morgan fingerprint density at radius 3 is 2.69 bits per heavy atom. The first-order chi connectivity index (χ1) is 15.5. The van der Waals surface area contributed by atoms with E-state index in [1.807, 2.05) is 0 Å². The van der Waals surface area contributed by atoms with Crippen molar-refractivity contribution in [1.29, 1.82) is 0 Å². The molecule has 3 aromatic heterocycles. The van der Waals surface area contributed by atoms with E-state index in [2.05, 4.69) is 15.3 Å². The van der Waals surface area contributed by atoms with Gasteiger partial charge >= 0.3 is 5.97 Å². The third-order valence-corrected chi connectivity index (χ3v) is 9.06. The Hall–Kier alpha value is -2.17. The summed E-state index contributed by atoms with van der Waals surface area (Å²) in [5.41, 5.74) is 2.53. The first-order valence-corrected chi connectivity index (χ1v) is 13.5. The number of amides is 1. The lowest BCUT2D eigenvalue weighted by atomic mass is 9.97. The Morgan fingerprint density at radius 2 is 1.84 bits per heavy atom. The second-order valence-corrected chi connectivity index (χ2v) is 11.0. The summed E-state index contributed by atoms with van der Waals surface area (Å²) in [6.45, 7) is 2.06. The molecule has 3 heterocycles. The Morgan fingerprint density at radius 1 is 1.09 bits per heavy atom. The van der Waals surface area contributed by atoms with Gasteiger partial charge in [0.25, 0.3) is 5.56 Å². The van der Waals surface area contributed by atoms with Gasteiger partial charge in [0.05, 0.1) is 23.3 Å². The lowest BCUT2D eigenvalue weighted by Crippen LogP contribution is -2.17. The number of aromatic nitrogens is 2. The van der Waals surface area contributed by atoms with Crippen molar-refractivity contribution in [3.05, 3.63) is 36.8 Å². The van der Waals surface area contributed by atoms with Gasteiger partial charge in [0.2, 0.25) is 5.91 Å². The van der Waals surface area contributed by atoms with Crippen molar-refractivity contribution in [3.63, 3.8) is 0 Å². The van der Waals surface area contributed by atoms with Crippen molar-refractivity contribution in [2.24, 2.45) is 0 Å². The molecule has 168 valence electrons. The highest BCUT2D eigenvalue weighted by Gasteiger charge is 2.28. The third-order valence-electron chi connectivity index (χ3n) is 5.80. The van der Waals surface area contributed by atoms with Crippen LogP contribution in [0.25, 0.3) is 10.2 Å². The zero-order valence-corrected chi connectivity index (χ0v) is 20.1. The van der Waals surface area contributed by atoms with Gasteiger partial charge in [0.1, 0.15) is 9.83 Å². The summed E-state index contributed by atoms with van der Waals surface area (Å²) in [4.78, 5) is 48.4. The Labute approximate surface area is 197 Å². The molecule has 0 spiro atoms. The standard InChI is InChI=1S/C22H23N3O4S3/c1-2-29-21(28)17-12-7-5-9-14(12)32-20(17)23-15(26)10-30-22-24-18(27)16-11-6-3-4-8-13(11)31-19(16)25-22/h2-10H2,1H3,(H,23,26)(H,24,25,27). The molecule has 10 heteroatoms. The largest absolute Gasteiger partial charge is 0.462 e. The number of anilines is 1. The third kappa shape index (κ3) is 3.99. The molecule has 0 atom stereocenters. The maximum absolute atomic E-state index is 12.7. The number of thioether (sulfide) groups is 1. The molecule has 0 aliphatic heterocycles. The van der Waals surface area contributed by atoms with Crippen molar-refractivity contribution in [2.45, 2.75) is 57.0 Å². The van der Waals surface area contributed by atoms with Gasteiger partial charge in [-0.25, -0.2) is 9.78 Å². The molecule has 5 rings (SSSR count). The molecule has 2 aliphatic rings. The Bertz CT molecular complexity index is 1270. The van der Waals surface area contributed by atoms with Gasteiger partial charge in [-0.05, 0) is 63.0 Å². The highest BCUT2D eigenvalue weighted by molar-refractivity contribution is 7.99. The maximum Gasteiger partial charge on any atom is 0.341 e. The minimum Gasteiger partial charge on any atom is -0.462 e.